The Labute approximate surface area is 128 Å². The molecule has 7 heteroatoms. The van der Waals surface area contributed by atoms with Crippen LogP contribution in [0.4, 0.5) is 8.78 Å². The van der Waals surface area contributed by atoms with Crippen LogP contribution in [0.25, 0.3) is 0 Å². The van der Waals surface area contributed by atoms with Gasteiger partial charge in [-0.1, -0.05) is 24.3 Å². The Kier molecular flexibility index (Phi) is 5.28. The Hall–Kier alpha value is -1.76. The lowest BCUT2D eigenvalue weighted by atomic mass is 10.0. The highest BCUT2D eigenvalue weighted by molar-refractivity contribution is 7.91. The minimum absolute atomic E-state index is 0.0925. The fraction of sp³-hybridized carbons (Fsp3) is 0.400. The van der Waals surface area contributed by atoms with Crippen LogP contribution in [-0.2, 0) is 21.1 Å². The summed E-state index contributed by atoms with van der Waals surface area (Å²) < 4.78 is 47.4. The number of alkyl halides is 2. The zero-order valence-corrected chi connectivity index (χ0v) is 12.7. The Bertz CT molecular complexity index is 654. The molecule has 1 aromatic rings. The average Bonchev–Trinajstić information content (AvgIpc) is 2.48. The van der Waals surface area contributed by atoms with Crippen LogP contribution in [0.1, 0.15) is 24.8 Å². The Morgan fingerprint density at radius 2 is 1.91 bits per heavy atom. The van der Waals surface area contributed by atoms with E-state index in [4.69, 9.17) is 0 Å². The molecule has 1 aromatic carbocycles. The second-order valence-corrected chi connectivity index (χ2v) is 7.09. The van der Waals surface area contributed by atoms with E-state index in [1.807, 2.05) is 6.08 Å². The molecule has 1 N–H and O–H groups in total. The van der Waals surface area contributed by atoms with Gasteiger partial charge in [-0.05, 0) is 37.0 Å². The molecule has 1 atom stereocenters. The van der Waals surface area contributed by atoms with Gasteiger partial charge in [0.15, 0.2) is 0 Å². The van der Waals surface area contributed by atoms with Gasteiger partial charge in [-0.2, -0.15) is 8.78 Å². The molecule has 0 aliphatic heterocycles. The Morgan fingerprint density at radius 1 is 1.23 bits per heavy atom. The van der Waals surface area contributed by atoms with Crippen molar-refractivity contribution in [1.29, 1.82) is 0 Å². The van der Waals surface area contributed by atoms with E-state index < -0.39 is 20.5 Å². The molecular formula is C15H17F2NO3S. The van der Waals surface area contributed by atoms with Crippen LogP contribution in [-0.4, -0.2) is 26.1 Å². The van der Waals surface area contributed by atoms with Crippen LogP contribution in [0.5, 0.6) is 0 Å². The molecule has 2 rings (SSSR count). The summed E-state index contributed by atoms with van der Waals surface area (Å²) >= 11 is 0. The first-order chi connectivity index (χ1) is 10.4. The highest BCUT2D eigenvalue weighted by atomic mass is 32.2. The fourth-order valence-corrected chi connectivity index (χ4v) is 3.01. The van der Waals surface area contributed by atoms with Crippen molar-refractivity contribution in [3.8, 4) is 0 Å². The third-order valence-electron chi connectivity index (χ3n) is 3.49. The van der Waals surface area contributed by atoms with Crippen molar-refractivity contribution in [2.24, 2.45) is 0 Å². The maximum absolute atomic E-state index is 12.4. The molecule has 0 spiro atoms. The summed E-state index contributed by atoms with van der Waals surface area (Å²) in [5.41, 5.74) is 0.581. The predicted octanol–water partition coefficient (Wildman–Crippen LogP) is 2.45. The minimum atomic E-state index is -4.59. The van der Waals surface area contributed by atoms with Crippen LogP contribution in [0.3, 0.4) is 0 Å². The zero-order chi connectivity index (χ0) is 16.2. The van der Waals surface area contributed by atoms with E-state index in [2.05, 4.69) is 11.4 Å². The predicted molar refractivity (Wildman–Crippen MR) is 78.3 cm³/mol. The van der Waals surface area contributed by atoms with Gasteiger partial charge in [-0.3, -0.25) is 4.79 Å². The zero-order valence-electron chi connectivity index (χ0n) is 11.8. The first-order valence-electron chi connectivity index (χ1n) is 6.95. The quantitative estimate of drug-likeness (QED) is 0.844. The summed E-state index contributed by atoms with van der Waals surface area (Å²) in [6, 6.07) is 5.10. The Morgan fingerprint density at radius 3 is 2.45 bits per heavy atom. The first kappa shape index (κ1) is 16.6. The molecule has 0 bridgehead atoms. The molecule has 1 aliphatic carbocycles. The summed E-state index contributed by atoms with van der Waals surface area (Å²) in [5.74, 6) is -3.61. The number of carbonyl (C=O) groups is 1. The summed E-state index contributed by atoms with van der Waals surface area (Å²) in [6.07, 6.45) is 6.83. The van der Waals surface area contributed by atoms with E-state index in [-0.39, 0.29) is 18.4 Å². The van der Waals surface area contributed by atoms with Crippen LogP contribution in [0.2, 0.25) is 0 Å². The number of hydrogen-bond donors (Lipinski definition) is 1. The van der Waals surface area contributed by atoms with E-state index in [1.165, 1.54) is 12.1 Å². The van der Waals surface area contributed by atoms with Gasteiger partial charge in [0.05, 0.1) is 11.3 Å². The molecule has 0 aromatic heterocycles. The number of sulfone groups is 1. The maximum atomic E-state index is 12.4. The lowest BCUT2D eigenvalue weighted by Gasteiger charge is -2.19. The summed E-state index contributed by atoms with van der Waals surface area (Å²) in [4.78, 5) is 11.5. The number of benzene rings is 1. The fourth-order valence-electron chi connectivity index (χ4n) is 2.29. The van der Waals surface area contributed by atoms with E-state index in [0.717, 1.165) is 31.4 Å². The minimum Gasteiger partial charge on any atom is -0.353 e. The third kappa shape index (κ3) is 4.13. The van der Waals surface area contributed by atoms with E-state index in [0.29, 0.717) is 5.56 Å². The van der Waals surface area contributed by atoms with Crippen LogP contribution >= 0.6 is 0 Å². The normalized spacial score (nSPS) is 18.4. The van der Waals surface area contributed by atoms with Crippen molar-refractivity contribution >= 4 is 15.7 Å². The van der Waals surface area contributed by atoms with Gasteiger partial charge in [-0.15, -0.1) is 0 Å². The molecule has 1 aliphatic rings. The molecular weight excluding hydrogens is 312 g/mol. The van der Waals surface area contributed by atoms with Crippen molar-refractivity contribution < 1.29 is 22.0 Å². The largest absolute Gasteiger partial charge is 0.353 e. The molecule has 0 radical (unpaired) electrons. The van der Waals surface area contributed by atoms with Crippen LogP contribution < -0.4 is 5.32 Å². The molecule has 0 saturated heterocycles. The molecule has 4 nitrogen and oxygen atoms in total. The molecule has 0 unspecified atom stereocenters. The third-order valence-corrected chi connectivity index (χ3v) is 4.88. The van der Waals surface area contributed by atoms with Gasteiger partial charge >= 0.3 is 5.76 Å². The van der Waals surface area contributed by atoms with Gasteiger partial charge in [0.25, 0.3) is 0 Å². The van der Waals surface area contributed by atoms with Gasteiger partial charge in [0.2, 0.25) is 15.7 Å². The van der Waals surface area contributed by atoms with Crippen molar-refractivity contribution in [2.45, 2.75) is 42.4 Å². The summed E-state index contributed by atoms with van der Waals surface area (Å²) in [5, 5.41) is 2.90. The highest BCUT2D eigenvalue weighted by Gasteiger charge is 2.26. The van der Waals surface area contributed by atoms with E-state index in [9.17, 15) is 22.0 Å². The van der Waals surface area contributed by atoms with Gasteiger partial charge in [0.1, 0.15) is 0 Å². The van der Waals surface area contributed by atoms with E-state index >= 15 is 0 Å². The number of halogens is 2. The molecule has 120 valence electrons. The Balaban J connectivity index is 1.96. The van der Waals surface area contributed by atoms with Crippen molar-refractivity contribution in [1.82, 2.24) is 5.32 Å². The van der Waals surface area contributed by atoms with Crippen LogP contribution in [0, 0.1) is 0 Å². The van der Waals surface area contributed by atoms with Crippen molar-refractivity contribution in [3.63, 3.8) is 0 Å². The first-order valence-corrected chi connectivity index (χ1v) is 8.49. The molecule has 22 heavy (non-hydrogen) atoms. The second-order valence-electron chi connectivity index (χ2n) is 5.18. The van der Waals surface area contributed by atoms with Gasteiger partial charge in [0, 0.05) is 6.04 Å². The second kappa shape index (κ2) is 7.00. The van der Waals surface area contributed by atoms with E-state index in [1.54, 1.807) is 0 Å². The van der Waals surface area contributed by atoms with Gasteiger partial charge < -0.3 is 5.32 Å². The number of nitrogens with one attached hydrogen (secondary N) is 1. The summed E-state index contributed by atoms with van der Waals surface area (Å²) in [7, 11) is -4.59. The number of rotatable bonds is 5. The number of carbonyl (C=O) groups excluding carboxylic acids is 1. The lowest BCUT2D eigenvalue weighted by molar-refractivity contribution is -0.121. The smallest absolute Gasteiger partial charge is 0.341 e. The average molecular weight is 329 g/mol. The molecule has 0 heterocycles. The highest BCUT2D eigenvalue weighted by Crippen LogP contribution is 2.19. The lowest BCUT2D eigenvalue weighted by Crippen LogP contribution is -2.36. The van der Waals surface area contributed by atoms with Crippen molar-refractivity contribution in [2.75, 3.05) is 0 Å². The van der Waals surface area contributed by atoms with Crippen molar-refractivity contribution in [3.05, 3.63) is 42.0 Å². The molecule has 1 amide bonds. The standard InChI is InChI=1S/C15H17F2NO3S/c16-15(17)22(20,21)13-8-6-11(7-9-13)10-14(19)18-12-4-2-1-3-5-12/h1-2,6-9,12,15H,3-5,10H2,(H,18,19)/t12-/m0/s1. The van der Waals surface area contributed by atoms with Gasteiger partial charge in [-0.25, -0.2) is 8.42 Å². The maximum Gasteiger partial charge on any atom is 0.341 e. The SMILES string of the molecule is O=C(Cc1ccc(S(=O)(=O)C(F)F)cc1)N[C@H]1CC=CCC1. The van der Waals surface area contributed by atoms with Crippen LogP contribution in [0.15, 0.2) is 41.3 Å². The number of hydrogen-bond acceptors (Lipinski definition) is 3. The molecule has 0 fully saturated rings. The number of amides is 1. The molecule has 0 saturated carbocycles. The monoisotopic (exact) mass is 329 g/mol. The summed E-state index contributed by atoms with van der Waals surface area (Å²) in [6.45, 7) is 0. The number of allylic oxidation sites excluding steroid dienone is 1. The topological polar surface area (TPSA) is 63.2 Å².